The summed E-state index contributed by atoms with van der Waals surface area (Å²) in [5.41, 5.74) is 0.512. The predicted molar refractivity (Wildman–Crippen MR) is 73.8 cm³/mol. The summed E-state index contributed by atoms with van der Waals surface area (Å²) in [6.07, 6.45) is 0. The van der Waals surface area contributed by atoms with E-state index in [-0.39, 0.29) is 30.9 Å². The smallest absolute Gasteiger partial charge is 0.319 e. The maximum atomic E-state index is 12.8. The molecule has 0 aliphatic rings. The number of anilines is 1. The summed E-state index contributed by atoms with van der Waals surface area (Å²) in [4.78, 5) is 24.8. The Morgan fingerprint density at radius 1 is 1.25 bits per heavy atom. The van der Waals surface area contributed by atoms with E-state index in [1.807, 2.05) is 13.8 Å². The monoisotopic (exact) mass is 282 g/mol. The maximum absolute atomic E-state index is 12.8. The van der Waals surface area contributed by atoms with Gasteiger partial charge in [-0.2, -0.15) is 0 Å². The molecule has 6 heteroatoms. The van der Waals surface area contributed by atoms with Gasteiger partial charge in [-0.1, -0.05) is 0 Å². The second kappa shape index (κ2) is 7.59. The Morgan fingerprint density at radius 2 is 1.85 bits per heavy atom. The van der Waals surface area contributed by atoms with Gasteiger partial charge < -0.3 is 10.1 Å². The van der Waals surface area contributed by atoms with Gasteiger partial charge in [-0.3, -0.25) is 14.5 Å². The summed E-state index contributed by atoms with van der Waals surface area (Å²) in [5, 5.41) is 2.65. The number of rotatable bonds is 6. The molecule has 0 saturated heterocycles. The van der Waals surface area contributed by atoms with Crippen LogP contribution >= 0.6 is 0 Å². The van der Waals surface area contributed by atoms with Crippen LogP contribution < -0.4 is 5.32 Å². The van der Waals surface area contributed by atoms with Crippen LogP contribution in [0.1, 0.15) is 13.8 Å². The molecule has 20 heavy (non-hydrogen) atoms. The van der Waals surface area contributed by atoms with Gasteiger partial charge in [0.2, 0.25) is 5.91 Å². The molecule has 0 bridgehead atoms. The molecule has 0 aliphatic carbocycles. The minimum atomic E-state index is -0.395. The van der Waals surface area contributed by atoms with Gasteiger partial charge in [0.25, 0.3) is 0 Å². The molecule has 5 nitrogen and oxygen atoms in total. The van der Waals surface area contributed by atoms with E-state index in [1.165, 1.54) is 31.4 Å². The lowest BCUT2D eigenvalue weighted by Gasteiger charge is -2.24. The fourth-order valence-electron chi connectivity index (χ4n) is 1.57. The quantitative estimate of drug-likeness (QED) is 0.806. The lowest BCUT2D eigenvalue weighted by Crippen LogP contribution is -2.41. The standard InChI is InChI=1S/C14H19FN2O3/c1-10(2)17(9-14(19)20-3)8-13(18)16-12-6-4-11(15)5-7-12/h4-7,10H,8-9H2,1-3H3,(H,16,18). The molecule has 0 atom stereocenters. The molecular formula is C14H19FN2O3. The van der Waals surface area contributed by atoms with Crippen molar-refractivity contribution < 1.29 is 18.7 Å². The van der Waals surface area contributed by atoms with E-state index in [4.69, 9.17) is 0 Å². The van der Waals surface area contributed by atoms with Crippen molar-refractivity contribution in [3.63, 3.8) is 0 Å². The second-order valence-electron chi connectivity index (χ2n) is 4.63. The number of methoxy groups -OCH3 is 1. The topological polar surface area (TPSA) is 58.6 Å². The van der Waals surface area contributed by atoms with Gasteiger partial charge in [0.15, 0.2) is 0 Å². The third-order valence-electron chi connectivity index (χ3n) is 2.76. The minimum absolute atomic E-state index is 0.0214. The van der Waals surface area contributed by atoms with Gasteiger partial charge in [0.05, 0.1) is 20.2 Å². The predicted octanol–water partition coefficient (Wildman–Crippen LogP) is 1.65. The van der Waals surface area contributed by atoms with Crippen LogP contribution in [0.4, 0.5) is 10.1 Å². The van der Waals surface area contributed by atoms with Gasteiger partial charge in [0.1, 0.15) is 5.82 Å². The van der Waals surface area contributed by atoms with Crippen LogP contribution in [0.3, 0.4) is 0 Å². The molecule has 1 rings (SSSR count). The number of nitrogens with zero attached hydrogens (tertiary/aromatic N) is 1. The van der Waals surface area contributed by atoms with Crippen molar-refractivity contribution in [1.82, 2.24) is 4.90 Å². The Balaban J connectivity index is 2.57. The summed E-state index contributed by atoms with van der Waals surface area (Å²) in [5.74, 6) is -1.03. The molecule has 1 aromatic rings. The van der Waals surface area contributed by atoms with E-state index >= 15 is 0 Å². The number of nitrogens with one attached hydrogen (secondary N) is 1. The molecule has 1 aromatic carbocycles. The maximum Gasteiger partial charge on any atom is 0.319 e. The minimum Gasteiger partial charge on any atom is -0.468 e. The van der Waals surface area contributed by atoms with Crippen molar-refractivity contribution in [2.75, 3.05) is 25.5 Å². The van der Waals surface area contributed by atoms with Gasteiger partial charge >= 0.3 is 5.97 Å². The zero-order valence-electron chi connectivity index (χ0n) is 11.9. The average molecular weight is 282 g/mol. The highest BCUT2D eigenvalue weighted by Gasteiger charge is 2.17. The number of hydrogen-bond donors (Lipinski definition) is 1. The van der Waals surface area contributed by atoms with Crippen molar-refractivity contribution in [2.45, 2.75) is 19.9 Å². The fourth-order valence-corrected chi connectivity index (χ4v) is 1.57. The highest BCUT2D eigenvalue weighted by Crippen LogP contribution is 2.08. The number of carbonyl (C=O) groups excluding carboxylic acids is 2. The van der Waals surface area contributed by atoms with E-state index in [2.05, 4.69) is 10.1 Å². The first-order valence-corrected chi connectivity index (χ1v) is 6.28. The zero-order chi connectivity index (χ0) is 15.1. The fraction of sp³-hybridized carbons (Fsp3) is 0.429. The van der Waals surface area contributed by atoms with Gasteiger partial charge in [-0.05, 0) is 38.1 Å². The summed E-state index contributed by atoms with van der Waals surface area (Å²) in [7, 11) is 1.30. The summed E-state index contributed by atoms with van der Waals surface area (Å²) >= 11 is 0. The van der Waals surface area contributed by atoms with Crippen LogP contribution in [0.15, 0.2) is 24.3 Å². The van der Waals surface area contributed by atoms with E-state index in [0.29, 0.717) is 5.69 Å². The third kappa shape index (κ3) is 5.36. The van der Waals surface area contributed by atoms with Crippen molar-refractivity contribution >= 4 is 17.6 Å². The van der Waals surface area contributed by atoms with Gasteiger partial charge in [0, 0.05) is 11.7 Å². The first kappa shape index (κ1) is 16.1. The second-order valence-corrected chi connectivity index (χ2v) is 4.63. The Labute approximate surface area is 117 Å². The lowest BCUT2D eigenvalue weighted by molar-refractivity contribution is -0.142. The first-order chi connectivity index (χ1) is 9.42. The molecule has 0 spiro atoms. The molecule has 0 aliphatic heterocycles. The molecule has 0 fully saturated rings. The highest BCUT2D eigenvalue weighted by molar-refractivity contribution is 5.92. The lowest BCUT2D eigenvalue weighted by atomic mass is 10.3. The summed E-state index contributed by atoms with van der Waals surface area (Å²) in [6.45, 7) is 3.87. The highest BCUT2D eigenvalue weighted by atomic mass is 19.1. The van der Waals surface area contributed by atoms with Crippen molar-refractivity contribution in [1.29, 1.82) is 0 Å². The van der Waals surface area contributed by atoms with E-state index in [9.17, 15) is 14.0 Å². The van der Waals surface area contributed by atoms with Crippen molar-refractivity contribution in [3.8, 4) is 0 Å². The Hall–Kier alpha value is -1.95. The SMILES string of the molecule is COC(=O)CN(CC(=O)Nc1ccc(F)cc1)C(C)C. The number of esters is 1. The van der Waals surface area contributed by atoms with Crippen LogP contribution in [0, 0.1) is 5.82 Å². The van der Waals surface area contributed by atoms with E-state index in [0.717, 1.165) is 0 Å². The normalized spacial score (nSPS) is 10.7. The van der Waals surface area contributed by atoms with E-state index < -0.39 is 5.97 Å². The molecule has 0 saturated carbocycles. The molecular weight excluding hydrogens is 263 g/mol. The van der Waals surface area contributed by atoms with Crippen molar-refractivity contribution in [2.24, 2.45) is 0 Å². The summed E-state index contributed by atoms with van der Waals surface area (Å²) in [6, 6.07) is 5.52. The van der Waals surface area contributed by atoms with Gasteiger partial charge in [-0.25, -0.2) is 4.39 Å². The van der Waals surface area contributed by atoms with E-state index in [1.54, 1.807) is 4.90 Å². The number of amides is 1. The van der Waals surface area contributed by atoms with Crippen LogP contribution in [-0.4, -0.2) is 43.0 Å². The molecule has 110 valence electrons. The number of benzene rings is 1. The number of ether oxygens (including phenoxy) is 1. The molecule has 0 unspecified atom stereocenters. The number of hydrogen-bond acceptors (Lipinski definition) is 4. The van der Waals surface area contributed by atoms with Crippen LogP contribution in [-0.2, 0) is 14.3 Å². The van der Waals surface area contributed by atoms with Crippen LogP contribution in [0.5, 0.6) is 0 Å². The average Bonchev–Trinajstić information content (AvgIpc) is 2.40. The molecule has 0 heterocycles. The Morgan fingerprint density at radius 3 is 2.35 bits per heavy atom. The van der Waals surface area contributed by atoms with Crippen molar-refractivity contribution in [3.05, 3.63) is 30.1 Å². The molecule has 0 aromatic heterocycles. The zero-order valence-corrected chi connectivity index (χ0v) is 11.9. The van der Waals surface area contributed by atoms with Gasteiger partial charge in [-0.15, -0.1) is 0 Å². The molecule has 1 N–H and O–H groups in total. The largest absolute Gasteiger partial charge is 0.468 e. The number of halogens is 1. The Bertz CT molecular complexity index is 460. The number of carbonyl (C=O) groups is 2. The molecule has 1 amide bonds. The summed E-state index contributed by atoms with van der Waals surface area (Å²) < 4.78 is 17.3. The van der Waals surface area contributed by atoms with Crippen LogP contribution in [0.25, 0.3) is 0 Å². The Kier molecular flexibility index (Phi) is 6.11. The molecule has 0 radical (unpaired) electrons. The first-order valence-electron chi connectivity index (χ1n) is 6.28. The van der Waals surface area contributed by atoms with Crippen LogP contribution in [0.2, 0.25) is 0 Å². The third-order valence-corrected chi connectivity index (χ3v) is 2.76.